The first-order chi connectivity index (χ1) is 4.35. The molecule has 0 spiro atoms. The molecule has 0 N–H and O–H groups in total. The Bertz CT molecular complexity index is 48.5. The zero-order valence-corrected chi connectivity index (χ0v) is 6.49. The first-order valence-electron chi connectivity index (χ1n) is 3.91. The number of hydrogen-bond donors (Lipinski definition) is 0. The van der Waals surface area contributed by atoms with Crippen LogP contribution in [0.25, 0.3) is 0 Å². The Morgan fingerprint density at radius 1 is 1.22 bits per heavy atom. The molecule has 0 nitrogen and oxygen atoms in total. The normalized spacial score (nSPS) is 10.7. The van der Waals surface area contributed by atoms with Gasteiger partial charge in [-0.3, -0.25) is 4.39 Å². The van der Waals surface area contributed by atoms with Crippen molar-refractivity contribution < 1.29 is 4.39 Å². The highest BCUT2D eigenvalue weighted by Crippen LogP contribution is 2.13. The second kappa shape index (κ2) is 6.06. The minimum absolute atomic E-state index is 0.142. The highest BCUT2D eigenvalue weighted by atomic mass is 19.1. The van der Waals surface area contributed by atoms with E-state index in [1.165, 1.54) is 12.8 Å². The van der Waals surface area contributed by atoms with Gasteiger partial charge in [0.15, 0.2) is 0 Å². The zero-order chi connectivity index (χ0) is 7.11. The summed E-state index contributed by atoms with van der Waals surface area (Å²) >= 11 is 0. The quantitative estimate of drug-likeness (QED) is 0.539. The Hall–Kier alpha value is -0.0700. The van der Waals surface area contributed by atoms with Crippen molar-refractivity contribution in [1.82, 2.24) is 0 Å². The van der Waals surface area contributed by atoms with Crippen molar-refractivity contribution in [1.29, 1.82) is 0 Å². The maximum Gasteiger partial charge on any atom is 0.0894 e. The van der Waals surface area contributed by atoms with Gasteiger partial charge in [0.25, 0.3) is 0 Å². The molecule has 0 saturated heterocycles. The third-order valence-corrected chi connectivity index (χ3v) is 1.90. The Morgan fingerprint density at radius 3 is 2.11 bits per heavy atom. The fraction of sp³-hybridized carbons (Fsp3) is 1.00. The van der Waals surface area contributed by atoms with Gasteiger partial charge in [0.1, 0.15) is 0 Å². The fourth-order valence-corrected chi connectivity index (χ4v) is 1.06. The summed E-state index contributed by atoms with van der Waals surface area (Å²) in [6.45, 7) is 4.20. The Kier molecular flexibility index (Phi) is 6.01. The molecule has 0 heterocycles. The first-order valence-corrected chi connectivity index (χ1v) is 3.91. The van der Waals surface area contributed by atoms with Gasteiger partial charge in [0, 0.05) is 0 Å². The smallest absolute Gasteiger partial charge is 0.0894 e. The molecule has 0 rings (SSSR count). The Labute approximate surface area is 57.5 Å². The minimum Gasteiger partial charge on any atom is -0.251 e. The molecule has 0 unspecified atom stereocenters. The molecule has 0 saturated carbocycles. The van der Waals surface area contributed by atoms with Gasteiger partial charge in [0.2, 0.25) is 0 Å². The molecule has 0 aliphatic rings. The molecular weight excluding hydrogens is 115 g/mol. The second-order valence-corrected chi connectivity index (χ2v) is 2.51. The number of rotatable bonds is 5. The van der Waals surface area contributed by atoms with Crippen molar-refractivity contribution in [2.75, 3.05) is 6.67 Å². The summed E-state index contributed by atoms with van der Waals surface area (Å²) < 4.78 is 11.6. The van der Waals surface area contributed by atoms with Crippen molar-refractivity contribution >= 4 is 0 Å². The summed E-state index contributed by atoms with van der Waals surface area (Å²) in [4.78, 5) is 0. The van der Waals surface area contributed by atoms with Crippen molar-refractivity contribution in [3.8, 4) is 0 Å². The van der Waals surface area contributed by atoms with Crippen LogP contribution in [-0.4, -0.2) is 6.67 Å². The van der Waals surface area contributed by atoms with Gasteiger partial charge < -0.3 is 0 Å². The van der Waals surface area contributed by atoms with Crippen LogP contribution in [-0.2, 0) is 0 Å². The van der Waals surface area contributed by atoms with Crippen molar-refractivity contribution in [3.63, 3.8) is 0 Å². The van der Waals surface area contributed by atoms with E-state index in [0.29, 0.717) is 0 Å². The van der Waals surface area contributed by atoms with Crippen LogP contribution >= 0.6 is 0 Å². The third kappa shape index (κ3) is 4.43. The SMILES string of the molecule is CCC(CC)CCCF. The van der Waals surface area contributed by atoms with Gasteiger partial charge in [-0.1, -0.05) is 26.7 Å². The summed E-state index contributed by atoms with van der Waals surface area (Å²) in [7, 11) is 0. The van der Waals surface area contributed by atoms with Crippen LogP contribution in [0.3, 0.4) is 0 Å². The molecule has 1 heteroatoms. The molecule has 0 aliphatic carbocycles. The van der Waals surface area contributed by atoms with Gasteiger partial charge in [-0.2, -0.15) is 0 Å². The van der Waals surface area contributed by atoms with E-state index in [2.05, 4.69) is 13.8 Å². The van der Waals surface area contributed by atoms with Crippen LogP contribution in [0.2, 0.25) is 0 Å². The van der Waals surface area contributed by atoms with E-state index in [1.54, 1.807) is 0 Å². The minimum atomic E-state index is -0.142. The van der Waals surface area contributed by atoms with Crippen LogP contribution in [0, 0.1) is 5.92 Å². The fourth-order valence-electron chi connectivity index (χ4n) is 1.06. The Balaban J connectivity index is 3.09. The van der Waals surface area contributed by atoms with Crippen LogP contribution in [0.1, 0.15) is 39.5 Å². The average Bonchev–Trinajstić information content (AvgIpc) is 1.91. The van der Waals surface area contributed by atoms with E-state index in [-0.39, 0.29) is 6.67 Å². The van der Waals surface area contributed by atoms with Crippen LogP contribution in [0.15, 0.2) is 0 Å². The Morgan fingerprint density at radius 2 is 1.78 bits per heavy atom. The van der Waals surface area contributed by atoms with Crippen molar-refractivity contribution in [2.45, 2.75) is 39.5 Å². The maximum atomic E-state index is 11.6. The highest BCUT2D eigenvalue weighted by molar-refractivity contribution is 4.53. The van der Waals surface area contributed by atoms with E-state index in [9.17, 15) is 4.39 Å². The lowest BCUT2D eigenvalue weighted by atomic mass is 9.98. The molecule has 0 aliphatic heterocycles. The van der Waals surface area contributed by atoms with E-state index in [0.717, 1.165) is 18.8 Å². The molecule has 0 aromatic carbocycles. The lowest BCUT2D eigenvalue weighted by molar-refractivity contribution is 0.387. The monoisotopic (exact) mass is 132 g/mol. The lowest BCUT2D eigenvalue weighted by Gasteiger charge is -2.08. The van der Waals surface area contributed by atoms with E-state index >= 15 is 0 Å². The summed E-state index contributed by atoms with van der Waals surface area (Å²) in [5.41, 5.74) is 0. The predicted octanol–water partition coefficient (Wildman–Crippen LogP) is 3.17. The van der Waals surface area contributed by atoms with Gasteiger partial charge >= 0.3 is 0 Å². The van der Waals surface area contributed by atoms with Crippen LogP contribution < -0.4 is 0 Å². The molecule has 0 bridgehead atoms. The van der Waals surface area contributed by atoms with E-state index in [4.69, 9.17) is 0 Å². The van der Waals surface area contributed by atoms with Crippen LogP contribution in [0.4, 0.5) is 4.39 Å². The molecule has 0 radical (unpaired) electrons. The second-order valence-electron chi connectivity index (χ2n) is 2.51. The molecule has 0 aromatic heterocycles. The molecule has 0 amide bonds. The molecular formula is C8H17F. The van der Waals surface area contributed by atoms with Crippen molar-refractivity contribution in [2.24, 2.45) is 5.92 Å². The van der Waals surface area contributed by atoms with Gasteiger partial charge in [-0.05, 0) is 18.8 Å². The lowest BCUT2D eigenvalue weighted by Crippen LogP contribution is -1.96. The predicted molar refractivity (Wildman–Crippen MR) is 39.3 cm³/mol. The highest BCUT2D eigenvalue weighted by Gasteiger charge is 2.00. The molecule has 0 atom stereocenters. The average molecular weight is 132 g/mol. The molecule has 0 aromatic rings. The molecule has 9 heavy (non-hydrogen) atoms. The first kappa shape index (κ1) is 8.93. The van der Waals surface area contributed by atoms with Gasteiger partial charge in [-0.25, -0.2) is 0 Å². The molecule has 0 fully saturated rings. The third-order valence-electron chi connectivity index (χ3n) is 1.90. The van der Waals surface area contributed by atoms with Crippen LogP contribution in [0.5, 0.6) is 0 Å². The van der Waals surface area contributed by atoms with E-state index < -0.39 is 0 Å². The number of halogens is 1. The topological polar surface area (TPSA) is 0 Å². The number of hydrogen-bond acceptors (Lipinski definition) is 0. The standard InChI is InChI=1S/C8H17F/c1-3-8(4-2)6-5-7-9/h8H,3-7H2,1-2H3. The van der Waals surface area contributed by atoms with Crippen molar-refractivity contribution in [3.05, 3.63) is 0 Å². The van der Waals surface area contributed by atoms with Gasteiger partial charge in [0.05, 0.1) is 6.67 Å². The maximum absolute atomic E-state index is 11.6. The van der Waals surface area contributed by atoms with Gasteiger partial charge in [-0.15, -0.1) is 0 Å². The zero-order valence-electron chi connectivity index (χ0n) is 6.49. The number of alkyl halides is 1. The summed E-state index contributed by atoms with van der Waals surface area (Å²) in [6.07, 6.45) is 4.24. The summed E-state index contributed by atoms with van der Waals surface area (Å²) in [5, 5.41) is 0. The summed E-state index contributed by atoms with van der Waals surface area (Å²) in [6, 6.07) is 0. The molecule has 56 valence electrons. The van der Waals surface area contributed by atoms with E-state index in [1.807, 2.05) is 0 Å². The largest absolute Gasteiger partial charge is 0.251 e. The summed E-state index contributed by atoms with van der Waals surface area (Å²) in [5.74, 6) is 0.765.